The smallest absolute Gasteiger partial charge is 0.278 e. The molecular weight excluding hydrogens is 410 g/mol. The lowest BCUT2D eigenvalue weighted by atomic mass is 10.0. The van der Waals surface area contributed by atoms with E-state index in [4.69, 9.17) is 9.47 Å². The molecule has 2 aliphatic rings. The molecule has 2 aliphatic heterocycles. The highest BCUT2D eigenvalue weighted by atomic mass is 16.5. The van der Waals surface area contributed by atoms with Crippen molar-refractivity contribution in [2.45, 2.75) is 13.5 Å². The zero-order chi connectivity index (χ0) is 22.7. The molecule has 8 heteroatoms. The fourth-order valence-corrected chi connectivity index (χ4v) is 3.88. The fraction of sp³-hybridized carbons (Fsp3) is 0.292. The number of rotatable bonds is 6. The van der Waals surface area contributed by atoms with Gasteiger partial charge >= 0.3 is 0 Å². The monoisotopic (exact) mass is 435 g/mol. The van der Waals surface area contributed by atoms with E-state index in [9.17, 15) is 14.4 Å². The second-order valence-corrected chi connectivity index (χ2v) is 7.63. The molecule has 2 aromatic carbocycles. The zero-order valence-electron chi connectivity index (χ0n) is 18.1. The van der Waals surface area contributed by atoms with Crippen molar-refractivity contribution in [1.29, 1.82) is 0 Å². The number of nitrogens with one attached hydrogen (secondary N) is 1. The third-order valence-corrected chi connectivity index (χ3v) is 5.46. The third-order valence-electron chi connectivity index (χ3n) is 5.46. The van der Waals surface area contributed by atoms with E-state index in [0.29, 0.717) is 54.6 Å². The number of imide groups is 1. The molecule has 2 aromatic rings. The molecule has 1 saturated heterocycles. The molecule has 0 spiro atoms. The molecule has 0 bridgehead atoms. The van der Waals surface area contributed by atoms with Crippen molar-refractivity contribution in [3.8, 4) is 5.75 Å². The number of carbonyl (C=O) groups excluding carboxylic acids is 3. The van der Waals surface area contributed by atoms with E-state index < -0.39 is 0 Å². The van der Waals surface area contributed by atoms with Crippen molar-refractivity contribution in [1.82, 2.24) is 9.80 Å². The number of hydrogen-bond donors (Lipinski definition) is 1. The van der Waals surface area contributed by atoms with Crippen molar-refractivity contribution in [3.05, 3.63) is 65.4 Å². The van der Waals surface area contributed by atoms with Crippen LogP contribution < -0.4 is 10.1 Å². The molecule has 1 N–H and O–H groups in total. The molecular formula is C24H25N3O5. The quantitative estimate of drug-likeness (QED) is 0.701. The van der Waals surface area contributed by atoms with Gasteiger partial charge in [-0.3, -0.25) is 19.3 Å². The number of hydrogen-bond acceptors (Lipinski definition) is 6. The van der Waals surface area contributed by atoms with E-state index in [2.05, 4.69) is 5.32 Å². The molecule has 0 radical (unpaired) electrons. The molecule has 2 heterocycles. The summed E-state index contributed by atoms with van der Waals surface area (Å²) in [6.45, 7) is 3.68. The van der Waals surface area contributed by atoms with Crippen LogP contribution in [0.5, 0.6) is 5.75 Å². The molecule has 0 unspecified atom stereocenters. The Morgan fingerprint density at radius 3 is 2.25 bits per heavy atom. The van der Waals surface area contributed by atoms with Gasteiger partial charge in [-0.25, -0.2) is 0 Å². The van der Waals surface area contributed by atoms with Gasteiger partial charge in [-0.2, -0.15) is 0 Å². The molecule has 1 fully saturated rings. The predicted octanol–water partition coefficient (Wildman–Crippen LogP) is 2.27. The van der Waals surface area contributed by atoms with Gasteiger partial charge in [0.05, 0.1) is 32.4 Å². The largest absolute Gasteiger partial charge is 0.497 e. The van der Waals surface area contributed by atoms with Gasteiger partial charge in [-0.05, 0) is 35.4 Å². The summed E-state index contributed by atoms with van der Waals surface area (Å²) in [5.41, 5.74) is 2.87. The van der Waals surface area contributed by atoms with Crippen LogP contribution in [0.4, 0.5) is 5.69 Å². The van der Waals surface area contributed by atoms with Gasteiger partial charge in [0.15, 0.2) is 0 Å². The standard InChI is InChI=1S/C24H25N3O5/c1-16(28)25-19-7-5-18(6-8-19)21-22(26-11-13-32-14-12-26)24(30)27(23(21)29)15-17-3-9-20(31-2)10-4-17/h3-10H,11-15H2,1-2H3,(H,25,28). The van der Waals surface area contributed by atoms with Gasteiger partial charge in [0.25, 0.3) is 11.8 Å². The molecule has 8 nitrogen and oxygen atoms in total. The van der Waals surface area contributed by atoms with Gasteiger partial charge in [-0.1, -0.05) is 24.3 Å². The van der Waals surface area contributed by atoms with E-state index in [-0.39, 0.29) is 24.3 Å². The van der Waals surface area contributed by atoms with Crippen molar-refractivity contribution >= 4 is 29.0 Å². The topological polar surface area (TPSA) is 88.2 Å². The van der Waals surface area contributed by atoms with E-state index in [1.165, 1.54) is 11.8 Å². The molecule has 32 heavy (non-hydrogen) atoms. The second-order valence-electron chi connectivity index (χ2n) is 7.63. The molecule has 0 aliphatic carbocycles. The van der Waals surface area contributed by atoms with Gasteiger partial charge < -0.3 is 19.7 Å². The predicted molar refractivity (Wildman–Crippen MR) is 119 cm³/mol. The minimum absolute atomic E-state index is 0.170. The minimum Gasteiger partial charge on any atom is -0.497 e. The van der Waals surface area contributed by atoms with E-state index in [1.807, 2.05) is 17.0 Å². The van der Waals surface area contributed by atoms with E-state index in [0.717, 1.165) is 5.56 Å². The maximum absolute atomic E-state index is 13.5. The zero-order valence-corrected chi connectivity index (χ0v) is 18.1. The number of anilines is 1. The normalized spacial score (nSPS) is 16.6. The van der Waals surface area contributed by atoms with E-state index in [1.54, 1.807) is 43.5 Å². The van der Waals surface area contributed by atoms with Crippen LogP contribution in [-0.2, 0) is 25.7 Å². The van der Waals surface area contributed by atoms with Crippen LogP contribution in [0.15, 0.2) is 54.2 Å². The van der Waals surface area contributed by atoms with Crippen molar-refractivity contribution in [3.63, 3.8) is 0 Å². The molecule has 166 valence electrons. The molecule has 3 amide bonds. The van der Waals surface area contributed by atoms with Gasteiger partial charge in [0, 0.05) is 25.7 Å². The Hall–Kier alpha value is -3.65. The van der Waals surface area contributed by atoms with Gasteiger partial charge in [0.2, 0.25) is 5.91 Å². The SMILES string of the molecule is COc1ccc(CN2C(=O)C(c3ccc(NC(C)=O)cc3)=C(N3CCOCC3)C2=O)cc1. The number of ether oxygens (including phenoxy) is 2. The molecule has 4 rings (SSSR count). The summed E-state index contributed by atoms with van der Waals surface area (Å²) in [6.07, 6.45) is 0. The average molecular weight is 435 g/mol. The summed E-state index contributed by atoms with van der Waals surface area (Å²) < 4.78 is 10.6. The lowest BCUT2D eigenvalue weighted by Gasteiger charge is -2.29. The highest BCUT2D eigenvalue weighted by molar-refractivity contribution is 6.35. The first-order chi connectivity index (χ1) is 15.5. The lowest BCUT2D eigenvalue weighted by Crippen LogP contribution is -2.40. The maximum Gasteiger partial charge on any atom is 0.278 e. The van der Waals surface area contributed by atoms with Crippen LogP contribution in [0.25, 0.3) is 5.57 Å². The molecule has 0 saturated carbocycles. The summed E-state index contributed by atoms with van der Waals surface area (Å²) >= 11 is 0. The van der Waals surface area contributed by atoms with Crippen molar-refractivity contribution in [2.24, 2.45) is 0 Å². The highest BCUT2D eigenvalue weighted by Gasteiger charge is 2.41. The number of morpholine rings is 1. The first kappa shape index (κ1) is 21.6. The average Bonchev–Trinajstić information content (AvgIpc) is 3.05. The Labute approximate surface area is 186 Å². The van der Waals surface area contributed by atoms with Crippen LogP contribution in [0.3, 0.4) is 0 Å². The lowest BCUT2D eigenvalue weighted by molar-refractivity contribution is -0.138. The Morgan fingerprint density at radius 1 is 1.00 bits per heavy atom. The first-order valence-electron chi connectivity index (χ1n) is 10.4. The van der Waals surface area contributed by atoms with Crippen LogP contribution in [0.2, 0.25) is 0 Å². The van der Waals surface area contributed by atoms with Crippen LogP contribution in [-0.4, -0.2) is 60.9 Å². The number of carbonyl (C=O) groups is 3. The Bertz CT molecular complexity index is 1050. The van der Waals surface area contributed by atoms with Crippen LogP contribution >= 0.6 is 0 Å². The summed E-state index contributed by atoms with van der Waals surface area (Å²) in [5, 5.41) is 2.71. The maximum atomic E-state index is 13.5. The molecule has 0 aromatic heterocycles. The Morgan fingerprint density at radius 2 is 1.66 bits per heavy atom. The van der Waals surface area contributed by atoms with Gasteiger partial charge in [-0.15, -0.1) is 0 Å². The summed E-state index contributed by atoms with van der Waals surface area (Å²) in [6, 6.07) is 14.3. The van der Waals surface area contributed by atoms with Gasteiger partial charge in [0.1, 0.15) is 11.4 Å². The summed E-state index contributed by atoms with van der Waals surface area (Å²) in [4.78, 5) is 41.4. The summed E-state index contributed by atoms with van der Waals surface area (Å²) in [5.74, 6) is -0.114. The van der Waals surface area contributed by atoms with Crippen molar-refractivity contribution < 1.29 is 23.9 Å². The first-order valence-corrected chi connectivity index (χ1v) is 10.4. The third kappa shape index (κ3) is 4.36. The fourth-order valence-electron chi connectivity index (χ4n) is 3.88. The molecule has 0 atom stereocenters. The number of benzene rings is 2. The van der Waals surface area contributed by atoms with E-state index >= 15 is 0 Å². The number of amides is 3. The Balaban J connectivity index is 1.67. The second kappa shape index (κ2) is 9.23. The number of nitrogens with zero attached hydrogens (tertiary/aromatic N) is 2. The number of methoxy groups -OCH3 is 1. The Kier molecular flexibility index (Phi) is 6.23. The summed E-state index contributed by atoms with van der Waals surface area (Å²) in [7, 11) is 1.59. The van der Waals surface area contributed by atoms with Crippen LogP contribution in [0.1, 0.15) is 18.1 Å². The van der Waals surface area contributed by atoms with Crippen LogP contribution in [0, 0.1) is 0 Å². The minimum atomic E-state index is -0.334. The highest BCUT2D eigenvalue weighted by Crippen LogP contribution is 2.33. The van der Waals surface area contributed by atoms with Crippen molar-refractivity contribution in [2.75, 3.05) is 38.7 Å².